The van der Waals surface area contributed by atoms with E-state index >= 15 is 0 Å². The summed E-state index contributed by atoms with van der Waals surface area (Å²) in [6.07, 6.45) is 3.17. The Morgan fingerprint density at radius 1 is 1.25 bits per heavy atom. The van der Waals surface area contributed by atoms with Gasteiger partial charge in [0, 0.05) is 5.56 Å². The lowest BCUT2D eigenvalue weighted by molar-refractivity contribution is -0.139. The molecule has 0 spiro atoms. The quantitative estimate of drug-likeness (QED) is 0.879. The highest BCUT2D eigenvalue weighted by Crippen LogP contribution is 2.37. The van der Waals surface area contributed by atoms with E-state index < -0.39 is 0 Å². The Morgan fingerprint density at radius 2 is 2.08 bits per heavy atom. The fourth-order valence-corrected chi connectivity index (χ4v) is 2.92. The maximum Gasteiger partial charge on any atom is 0.309 e. The highest BCUT2D eigenvalue weighted by Gasteiger charge is 2.19. The summed E-state index contributed by atoms with van der Waals surface area (Å²) < 4.78 is 10.8. The summed E-state index contributed by atoms with van der Waals surface area (Å²) in [4.78, 5) is 11.6. The van der Waals surface area contributed by atoms with Crippen LogP contribution in [0.25, 0.3) is 5.57 Å². The van der Waals surface area contributed by atoms with Gasteiger partial charge in [0.1, 0.15) is 12.4 Å². The Balaban J connectivity index is 2.10. The predicted molar refractivity (Wildman–Crippen MR) is 93.7 cm³/mol. The number of fused-ring (bicyclic) bond motifs is 2. The SMILES string of the molecule is COC(=O)Cc1ccc2c(c1)/C(=C\CCN)c1ccccc1CO2. The van der Waals surface area contributed by atoms with Gasteiger partial charge < -0.3 is 15.2 Å². The number of hydrogen-bond acceptors (Lipinski definition) is 4. The number of benzene rings is 2. The molecule has 4 heteroatoms. The maximum absolute atomic E-state index is 11.6. The third-order valence-corrected chi connectivity index (χ3v) is 4.12. The minimum atomic E-state index is -0.252. The number of esters is 1. The summed E-state index contributed by atoms with van der Waals surface area (Å²) in [6, 6.07) is 14.1. The van der Waals surface area contributed by atoms with Gasteiger partial charge in [-0.1, -0.05) is 36.4 Å². The molecule has 0 saturated carbocycles. The van der Waals surface area contributed by atoms with Crippen LogP contribution in [0.4, 0.5) is 0 Å². The Hall–Kier alpha value is -2.59. The van der Waals surface area contributed by atoms with Gasteiger partial charge in [-0.3, -0.25) is 4.79 Å². The summed E-state index contributed by atoms with van der Waals surface area (Å²) in [6.45, 7) is 1.11. The first kappa shape index (κ1) is 16.3. The number of ether oxygens (including phenoxy) is 2. The van der Waals surface area contributed by atoms with Crippen molar-refractivity contribution < 1.29 is 14.3 Å². The molecule has 0 aliphatic carbocycles. The van der Waals surface area contributed by atoms with Crippen molar-refractivity contribution in [2.24, 2.45) is 5.73 Å². The summed E-state index contributed by atoms with van der Waals surface area (Å²) in [7, 11) is 1.40. The van der Waals surface area contributed by atoms with Crippen LogP contribution in [0.3, 0.4) is 0 Å². The first-order valence-corrected chi connectivity index (χ1v) is 8.04. The molecule has 0 aromatic heterocycles. The van der Waals surface area contributed by atoms with Gasteiger partial charge in [0.05, 0.1) is 13.5 Å². The third kappa shape index (κ3) is 3.34. The van der Waals surface area contributed by atoms with Crippen LogP contribution < -0.4 is 10.5 Å². The zero-order chi connectivity index (χ0) is 16.9. The smallest absolute Gasteiger partial charge is 0.309 e. The molecule has 3 rings (SSSR count). The molecule has 1 aliphatic rings. The zero-order valence-electron chi connectivity index (χ0n) is 13.7. The lowest BCUT2D eigenvalue weighted by Gasteiger charge is -2.12. The Bertz CT molecular complexity index is 780. The van der Waals surface area contributed by atoms with Crippen molar-refractivity contribution in [1.29, 1.82) is 0 Å². The van der Waals surface area contributed by atoms with E-state index in [0.717, 1.165) is 40.0 Å². The van der Waals surface area contributed by atoms with Crippen molar-refractivity contribution in [2.45, 2.75) is 19.4 Å². The number of rotatable bonds is 4. The Kier molecular flexibility index (Phi) is 4.96. The number of methoxy groups -OCH3 is 1. The number of hydrogen-bond donors (Lipinski definition) is 1. The van der Waals surface area contributed by atoms with Crippen LogP contribution >= 0.6 is 0 Å². The van der Waals surface area contributed by atoms with E-state index in [1.807, 2.05) is 30.3 Å². The fraction of sp³-hybridized carbons (Fsp3) is 0.250. The van der Waals surface area contributed by atoms with Crippen LogP contribution in [0.2, 0.25) is 0 Å². The van der Waals surface area contributed by atoms with Gasteiger partial charge in [-0.05, 0) is 47.4 Å². The zero-order valence-corrected chi connectivity index (χ0v) is 13.7. The van der Waals surface area contributed by atoms with Crippen molar-refractivity contribution in [3.63, 3.8) is 0 Å². The van der Waals surface area contributed by atoms with Crippen molar-refractivity contribution in [2.75, 3.05) is 13.7 Å². The lowest BCUT2D eigenvalue weighted by atomic mass is 9.92. The Morgan fingerprint density at radius 3 is 2.88 bits per heavy atom. The monoisotopic (exact) mass is 323 g/mol. The average molecular weight is 323 g/mol. The molecule has 0 amide bonds. The molecule has 2 aromatic carbocycles. The van der Waals surface area contributed by atoms with Gasteiger partial charge in [0.15, 0.2) is 0 Å². The van der Waals surface area contributed by atoms with E-state index in [0.29, 0.717) is 13.2 Å². The van der Waals surface area contributed by atoms with E-state index in [4.69, 9.17) is 15.2 Å². The van der Waals surface area contributed by atoms with Gasteiger partial charge in [-0.25, -0.2) is 0 Å². The van der Waals surface area contributed by atoms with Crippen molar-refractivity contribution in [1.82, 2.24) is 0 Å². The molecule has 124 valence electrons. The summed E-state index contributed by atoms with van der Waals surface area (Å²) >= 11 is 0. The van der Waals surface area contributed by atoms with Crippen molar-refractivity contribution in [3.05, 3.63) is 70.8 Å². The highest BCUT2D eigenvalue weighted by atomic mass is 16.5. The number of carbonyl (C=O) groups excluding carboxylic acids is 1. The number of carbonyl (C=O) groups is 1. The van der Waals surface area contributed by atoms with E-state index in [1.54, 1.807) is 0 Å². The third-order valence-electron chi connectivity index (χ3n) is 4.12. The highest BCUT2D eigenvalue weighted by molar-refractivity contribution is 5.85. The predicted octanol–water partition coefficient (Wildman–Crippen LogP) is 3.08. The van der Waals surface area contributed by atoms with Crippen LogP contribution in [0.5, 0.6) is 5.75 Å². The standard InChI is InChI=1S/C20H21NO3/c1-23-20(22)12-14-8-9-19-18(11-14)17(7-4-10-21)16-6-3-2-5-15(16)13-24-19/h2-3,5-9,11H,4,10,12-13,21H2,1H3/b17-7-. The van der Waals surface area contributed by atoms with Crippen molar-refractivity contribution >= 4 is 11.5 Å². The molecule has 0 radical (unpaired) electrons. The van der Waals surface area contributed by atoms with Gasteiger partial charge >= 0.3 is 5.97 Å². The van der Waals surface area contributed by atoms with E-state index in [2.05, 4.69) is 18.2 Å². The molecule has 0 saturated heterocycles. The van der Waals surface area contributed by atoms with E-state index in [1.165, 1.54) is 7.11 Å². The molecule has 0 fully saturated rings. The molecule has 24 heavy (non-hydrogen) atoms. The summed E-state index contributed by atoms with van der Waals surface area (Å²) in [5, 5.41) is 0. The van der Waals surface area contributed by atoms with Gasteiger partial charge in [-0.2, -0.15) is 0 Å². The summed E-state index contributed by atoms with van der Waals surface area (Å²) in [5.41, 5.74) is 11.0. The second kappa shape index (κ2) is 7.32. The number of nitrogens with two attached hydrogens (primary N) is 1. The van der Waals surface area contributed by atoms with E-state index in [9.17, 15) is 4.79 Å². The van der Waals surface area contributed by atoms with Crippen LogP contribution in [0.1, 0.15) is 28.7 Å². The molecule has 0 atom stereocenters. The molecule has 0 unspecified atom stereocenters. The first-order chi connectivity index (χ1) is 11.7. The first-order valence-electron chi connectivity index (χ1n) is 8.04. The van der Waals surface area contributed by atoms with Crippen LogP contribution in [-0.4, -0.2) is 19.6 Å². The van der Waals surface area contributed by atoms with Gasteiger partial charge in [-0.15, -0.1) is 0 Å². The van der Waals surface area contributed by atoms with Crippen LogP contribution in [0, 0.1) is 0 Å². The minimum Gasteiger partial charge on any atom is -0.488 e. The van der Waals surface area contributed by atoms with Gasteiger partial charge in [0.25, 0.3) is 0 Å². The minimum absolute atomic E-state index is 0.246. The molecular weight excluding hydrogens is 302 g/mol. The van der Waals surface area contributed by atoms with Crippen LogP contribution in [-0.2, 0) is 22.6 Å². The topological polar surface area (TPSA) is 61.5 Å². The molecule has 1 aliphatic heterocycles. The summed E-state index contributed by atoms with van der Waals surface area (Å²) in [5.74, 6) is 0.570. The fourth-order valence-electron chi connectivity index (χ4n) is 2.92. The second-order valence-electron chi connectivity index (χ2n) is 5.72. The molecule has 1 heterocycles. The average Bonchev–Trinajstić information content (AvgIpc) is 2.76. The lowest BCUT2D eigenvalue weighted by Crippen LogP contribution is -2.05. The normalized spacial score (nSPS) is 14.3. The van der Waals surface area contributed by atoms with Gasteiger partial charge in [0.2, 0.25) is 0 Å². The maximum atomic E-state index is 11.6. The Labute approximate surface area is 141 Å². The molecule has 0 bridgehead atoms. The van der Waals surface area contributed by atoms with Crippen LogP contribution in [0.15, 0.2) is 48.5 Å². The molecule has 2 N–H and O–H groups in total. The molecule has 4 nitrogen and oxygen atoms in total. The largest absolute Gasteiger partial charge is 0.488 e. The van der Waals surface area contributed by atoms with E-state index in [-0.39, 0.29) is 12.4 Å². The second-order valence-corrected chi connectivity index (χ2v) is 5.72. The molecule has 2 aromatic rings. The molecular formula is C20H21NO3. The van der Waals surface area contributed by atoms with Crippen molar-refractivity contribution in [3.8, 4) is 5.75 Å².